The second-order valence-electron chi connectivity index (χ2n) is 4.78. The minimum absolute atomic E-state index is 0.101. The molecule has 0 unspecified atom stereocenters. The van der Waals surface area contributed by atoms with Crippen LogP contribution in [0.5, 0.6) is 5.75 Å². The Balaban J connectivity index is 2.69. The molecule has 0 radical (unpaired) electrons. The Kier molecular flexibility index (Phi) is 5.01. The molecule has 0 saturated carbocycles. The molecular weight excluding hydrogens is 290 g/mol. The molecule has 0 amide bonds. The minimum atomic E-state index is -0.172. The molecule has 102 valence electrons. The van der Waals surface area contributed by atoms with Gasteiger partial charge in [0.25, 0.3) is 0 Å². The Morgan fingerprint density at radius 3 is 2.21 bits per heavy atom. The molecule has 0 saturated heterocycles. The first-order chi connectivity index (χ1) is 9.06. The molecule has 0 N–H and O–H groups in total. The molecule has 0 spiro atoms. The third kappa shape index (κ3) is 3.02. The smallest absolute Gasteiger partial charge is 0.135 e. The molecule has 0 aliphatic heterocycles. The molecule has 0 fully saturated rings. The minimum Gasteiger partial charge on any atom is -0.495 e. The number of hydrogen-bond acceptors (Lipinski definition) is 2. The predicted molar refractivity (Wildman–Crippen MR) is 93.1 cm³/mol. The number of methoxy groups -OCH3 is 1. The summed E-state index contributed by atoms with van der Waals surface area (Å²) in [7, 11) is 1.53. The first-order valence-electron chi connectivity index (χ1n) is 6.15. The zero-order chi connectivity index (χ0) is 14.0. The SMILES string of the molecule is COc1c(-c2cccs2)ccc(P(C)C)c1P(C)C. The highest BCUT2D eigenvalue weighted by molar-refractivity contribution is 7.70. The van der Waals surface area contributed by atoms with Crippen LogP contribution < -0.4 is 15.3 Å². The van der Waals surface area contributed by atoms with E-state index in [2.05, 4.69) is 56.3 Å². The number of rotatable bonds is 4. The zero-order valence-corrected chi connectivity index (χ0v) is 14.7. The van der Waals surface area contributed by atoms with Crippen molar-refractivity contribution in [2.24, 2.45) is 0 Å². The standard InChI is InChI=1S/C15H20OP2S/c1-16-14-11(13-7-6-10-19-13)8-9-12(17(2)3)15(14)18(4)5/h6-10H,1-5H3. The number of thiophene rings is 1. The molecule has 4 heteroatoms. The maximum Gasteiger partial charge on any atom is 0.135 e. The van der Waals surface area contributed by atoms with Crippen LogP contribution in [0.2, 0.25) is 0 Å². The van der Waals surface area contributed by atoms with Crippen molar-refractivity contribution in [3.8, 4) is 16.2 Å². The van der Waals surface area contributed by atoms with Gasteiger partial charge in [-0.25, -0.2) is 0 Å². The highest BCUT2D eigenvalue weighted by atomic mass is 32.1. The van der Waals surface area contributed by atoms with Crippen molar-refractivity contribution in [3.05, 3.63) is 29.6 Å². The highest BCUT2D eigenvalue weighted by Gasteiger charge is 2.19. The molecule has 0 aliphatic carbocycles. The first-order valence-corrected chi connectivity index (χ1v) is 11.5. The van der Waals surface area contributed by atoms with Crippen LogP contribution in [0.3, 0.4) is 0 Å². The maximum atomic E-state index is 5.79. The molecule has 2 rings (SSSR count). The van der Waals surface area contributed by atoms with Crippen molar-refractivity contribution in [2.45, 2.75) is 0 Å². The maximum absolute atomic E-state index is 5.79. The van der Waals surface area contributed by atoms with Gasteiger partial charge in [-0.2, -0.15) is 0 Å². The number of ether oxygens (including phenoxy) is 1. The summed E-state index contributed by atoms with van der Waals surface area (Å²) in [6.45, 7) is 9.26. The van der Waals surface area contributed by atoms with Gasteiger partial charge in [-0.3, -0.25) is 0 Å². The lowest BCUT2D eigenvalue weighted by Crippen LogP contribution is -2.23. The lowest BCUT2D eigenvalue weighted by Gasteiger charge is -2.22. The van der Waals surface area contributed by atoms with E-state index in [0.29, 0.717) is 0 Å². The van der Waals surface area contributed by atoms with Gasteiger partial charge in [0.2, 0.25) is 0 Å². The molecule has 1 aromatic heterocycles. The molecule has 1 heterocycles. The van der Waals surface area contributed by atoms with Crippen molar-refractivity contribution < 1.29 is 4.74 Å². The van der Waals surface area contributed by atoms with Crippen molar-refractivity contribution in [2.75, 3.05) is 33.8 Å². The summed E-state index contributed by atoms with van der Waals surface area (Å²) in [6, 6.07) is 8.80. The summed E-state index contributed by atoms with van der Waals surface area (Å²) < 4.78 is 5.79. The number of hydrogen-bond donors (Lipinski definition) is 0. The normalized spacial score (nSPS) is 11.3. The number of benzene rings is 1. The van der Waals surface area contributed by atoms with E-state index in [-0.39, 0.29) is 15.8 Å². The van der Waals surface area contributed by atoms with Gasteiger partial charge < -0.3 is 4.74 Å². The molecular formula is C15H20OP2S. The van der Waals surface area contributed by atoms with Crippen LogP contribution in [0.25, 0.3) is 10.4 Å². The Labute approximate surface area is 122 Å². The van der Waals surface area contributed by atoms with Crippen LogP contribution in [-0.4, -0.2) is 33.8 Å². The molecule has 0 atom stereocenters. The van der Waals surface area contributed by atoms with E-state index in [0.717, 1.165) is 5.75 Å². The van der Waals surface area contributed by atoms with E-state index >= 15 is 0 Å². The predicted octanol–water partition coefficient (Wildman–Crippen LogP) is 4.16. The van der Waals surface area contributed by atoms with Crippen molar-refractivity contribution in [1.29, 1.82) is 0 Å². The van der Waals surface area contributed by atoms with Gasteiger partial charge >= 0.3 is 0 Å². The van der Waals surface area contributed by atoms with E-state index in [1.165, 1.54) is 21.0 Å². The summed E-state index contributed by atoms with van der Waals surface area (Å²) in [6.07, 6.45) is 0. The summed E-state index contributed by atoms with van der Waals surface area (Å²) in [5.74, 6) is 1.09. The average Bonchev–Trinajstić information content (AvgIpc) is 2.90. The Hall–Kier alpha value is -0.420. The zero-order valence-electron chi connectivity index (χ0n) is 12.1. The van der Waals surface area contributed by atoms with Gasteiger partial charge in [0.05, 0.1) is 7.11 Å². The third-order valence-corrected chi connectivity index (χ3v) is 6.78. The van der Waals surface area contributed by atoms with Crippen LogP contribution >= 0.6 is 27.2 Å². The van der Waals surface area contributed by atoms with Crippen LogP contribution in [0.4, 0.5) is 0 Å². The van der Waals surface area contributed by atoms with Crippen LogP contribution in [0.1, 0.15) is 0 Å². The second kappa shape index (κ2) is 6.35. The fourth-order valence-corrected chi connectivity index (χ4v) is 6.18. The van der Waals surface area contributed by atoms with Crippen LogP contribution in [-0.2, 0) is 0 Å². The molecule has 2 aromatic rings. The lowest BCUT2D eigenvalue weighted by atomic mass is 10.1. The molecule has 0 aliphatic rings. The van der Waals surface area contributed by atoms with Crippen molar-refractivity contribution in [3.63, 3.8) is 0 Å². The Morgan fingerprint density at radius 2 is 1.74 bits per heavy atom. The van der Waals surface area contributed by atoms with Gasteiger partial charge in [0, 0.05) is 15.7 Å². The second-order valence-corrected chi connectivity index (χ2v) is 10.2. The lowest BCUT2D eigenvalue weighted by molar-refractivity contribution is 0.420. The van der Waals surface area contributed by atoms with E-state index in [1.807, 2.05) is 0 Å². The molecule has 1 aromatic carbocycles. The van der Waals surface area contributed by atoms with E-state index in [4.69, 9.17) is 4.74 Å². The summed E-state index contributed by atoms with van der Waals surface area (Å²) in [5.41, 5.74) is 1.24. The molecule has 19 heavy (non-hydrogen) atoms. The van der Waals surface area contributed by atoms with Crippen LogP contribution in [0, 0.1) is 0 Å². The van der Waals surface area contributed by atoms with E-state index in [1.54, 1.807) is 18.4 Å². The third-order valence-electron chi connectivity index (χ3n) is 3.03. The van der Waals surface area contributed by atoms with Gasteiger partial charge in [0.1, 0.15) is 5.75 Å². The highest BCUT2D eigenvalue weighted by Crippen LogP contribution is 2.40. The topological polar surface area (TPSA) is 9.23 Å². The van der Waals surface area contributed by atoms with Crippen molar-refractivity contribution >= 4 is 37.8 Å². The summed E-state index contributed by atoms with van der Waals surface area (Å²) in [4.78, 5) is 1.29. The van der Waals surface area contributed by atoms with Gasteiger partial charge in [-0.1, -0.05) is 28.0 Å². The summed E-state index contributed by atoms with van der Waals surface area (Å²) >= 11 is 1.77. The van der Waals surface area contributed by atoms with Crippen molar-refractivity contribution in [1.82, 2.24) is 0 Å². The van der Waals surface area contributed by atoms with Gasteiger partial charge in [-0.05, 0) is 49.5 Å². The fourth-order valence-electron chi connectivity index (χ4n) is 2.19. The molecule has 1 nitrogen and oxygen atoms in total. The monoisotopic (exact) mass is 310 g/mol. The Bertz CT molecular complexity index is 548. The molecule has 0 bridgehead atoms. The first kappa shape index (κ1) is 15.0. The quantitative estimate of drug-likeness (QED) is 0.771. The summed E-state index contributed by atoms with van der Waals surface area (Å²) in [5, 5.41) is 5.05. The Morgan fingerprint density at radius 1 is 1.00 bits per heavy atom. The largest absolute Gasteiger partial charge is 0.495 e. The average molecular weight is 310 g/mol. The van der Waals surface area contributed by atoms with E-state index < -0.39 is 0 Å². The van der Waals surface area contributed by atoms with E-state index in [9.17, 15) is 0 Å². The van der Waals surface area contributed by atoms with Gasteiger partial charge in [-0.15, -0.1) is 11.3 Å². The van der Waals surface area contributed by atoms with Crippen LogP contribution in [0.15, 0.2) is 29.6 Å². The van der Waals surface area contributed by atoms with Gasteiger partial charge in [0.15, 0.2) is 0 Å². The fraction of sp³-hybridized carbons (Fsp3) is 0.333.